The Balaban J connectivity index is 1.64. The second kappa shape index (κ2) is 7.83. The van der Waals surface area contributed by atoms with E-state index in [2.05, 4.69) is 0 Å². The molecule has 0 saturated carbocycles. The number of anilines is 1. The SMILES string of the molecule is CC1(C)CC(=O)C2=C(C1)N(c1ccc(C(F)(F)F)cc1)C(=O)CC2c1ccc2ccccc2c1. The van der Waals surface area contributed by atoms with Crippen molar-refractivity contribution >= 4 is 28.2 Å². The fourth-order valence-corrected chi connectivity index (χ4v) is 5.22. The van der Waals surface area contributed by atoms with Gasteiger partial charge in [0.2, 0.25) is 5.91 Å². The predicted molar refractivity (Wildman–Crippen MR) is 125 cm³/mol. The predicted octanol–water partition coefficient (Wildman–Crippen LogP) is 7.02. The van der Waals surface area contributed by atoms with Crippen LogP contribution < -0.4 is 4.90 Å². The minimum atomic E-state index is -4.46. The van der Waals surface area contributed by atoms with E-state index in [1.807, 2.05) is 56.3 Å². The summed E-state index contributed by atoms with van der Waals surface area (Å²) in [6.07, 6.45) is -3.51. The lowest BCUT2D eigenvalue weighted by Crippen LogP contribution is -2.43. The summed E-state index contributed by atoms with van der Waals surface area (Å²) in [5.74, 6) is -0.600. The van der Waals surface area contributed by atoms with E-state index >= 15 is 0 Å². The van der Waals surface area contributed by atoms with Gasteiger partial charge in [0.1, 0.15) is 0 Å². The number of nitrogens with zero attached hydrogens (tertiary/aromatic N) is 1. The molecule has 0 bridgehead atoms. The van der Waals surface area contributed by atoms with Crippen LogP contribution in [0.3, 0.4) is 0 Å². The summed E-state index contributed by atoms with van der Waals surface area (Å²) in [6.45, 7) is 3.95. The van der Waals surface area contributed by atoms with Crippen LogP contribution in [0.4, 0.5) is 18.9 Å². The fourth-order valence-electron chi connectivity index (χ4n) is 5.22. The quantitative estimate of drug-likeness (QED) is 0.409. The zero-order valence-corrected chi connectivity index (χ0v) is 18.9. The van der Waals surface area contributed by atoms with Crippen LogP contribution in [0.1, 0.15) is 50.2 Å². The van der Waals surface area contributed by atoms with Crippen molar-refractivity contribution in [3.8, 4) is 0 Å². The van der Waals surface area contributed by atoms with Crippen LogP contribution in [-0.4, -0.2) is 11.7 Å². The molecule has 0 N–H and O–H groups in total. The van der Waals surface area contributed by atoms with Gasteiger partial charge in [-0.1, -0.05) is 56.3 Å². The van der Waals surface area contributed by atoms with Crippen molar-refractivity contribution in [2.75, 3.05) is 4.90 Å². The maximum Gasteiger partial charge on any atom is 0.416 e. The van der Waals surface area contributed by atoms with Crippen molar-refractivity contribution in [3.63, 3.8) is 0 Å². The van der Waals surface area contributed by atoms with Crippen LogP contribution in [0.5, 0.6) is 0 Å². The van der Waals surface area contributed by atoms with Crippen LogP contribution in [0.25, 0.3) is 10.8 Å². The average Bonchev–Trinajstić information content (AvgIpc) is 2.77. The van der Waals surface area contributed by atoms with Gasteiger partial charge in [-0.3, -0.25) is 14.5 Å². The fraction of sp³-hybridized carbons (Fsp3) is 0.286. The van der Waals surface area contributed by atoms with Gasteiger partial charge in [0.05, 0.1) is 5.56 Å². The number of rotatable bonds is 2. The first-order valence-corrected chi connectivity index (χ1v) is 11.3. The third-order valence-corrected chi connectivity index (χ3v) is 6.77. The van der Waals surface area contributed by atoms with Gasteiger partial charge in [-0.25, -0.2) is 0 Å². The Hall–Kier alpha value is -3.41. The number of amides is 1. The molecule has 1 atom stereocenters. The molecule has 5 rings (SSSR count). The minimum absolute atomic E-state index is 0.00572. The highest BCUT2D eigenvalue weighted by Gasteiger charge is 2.44. The van der Waals surface area contributed by atoms with E-state index in [-0.39, 0.29) is 29.4 Å². The van der Waals surface area contributed by atoms with Crippen molar-refractivity contribution < 1.29 is 22.8 Å². The highest BCUT2D eigenvalue weighted by atomic mass is 19.4. The summed E-state index contributed by atoms with van der Waals surface area (Å²) in [5.41, 5.74) is 1.34. The maximum atomic E-state index is 13.5. The first-order chi connectivity index (χ1) is 16.0. The van der Waals surface area contributed by atoms with E-state index in [4.69, 9.17) is 0 Å². The van der Waals surface area contributed by atoms with E-state index in [0.29, 0.717) is 29.8 Å². The largest absolute Gasteiger partial charge is 0.416 e. The second-order valence-electron chi connectivity index (χ2n) is 9.94. The van der Waals surface area contributed by atoms with Gasteiger partial charge in [-0.15, -0.1) is 0 Å². The highest BCUT2D eigenvalue weighted by Crippen LogP contribution is 2.48. The number of hydrogen-bond acceptors (Lipinski definition) is 2. The lowest BCUT2D eigenvalue weighted by Gasteiger charge is -2.43. The van der Waals surface area contributed by atoms with E-state index in [1.165, 1.54) is 17.0 Å². The van der Waals surface area contributed by atoms with Gasteiger partial charge in [0.25, 0.3) is 0 Å². The average molecular weight is 463 g/mol. The molecule has 3 aromatic rings. The van der Waals surface area contributed by atoms with Crippen LogP contribution in [0.15, 0.2) is 78.0 Å². The standard InChI is InChI=1S/C28H24F3NO2/c1-27(2)15-23-26(24(33)16-27)22(19-8-7-17-5-3-4-6-18(17)13-19)14-25(34)32(23)21-11-9-20(10-12-21)28(29,30)31/h3-13,22H,14-16H2,1-2H3. The van der Waals surface area contributed by atoms with Crippen LogP contribution in [0, 0.1) is 5.41 Å². The number of carbonyl (C=O) groups excluding carboxylic acids is 2. The summed E-state index contributed by atoms with van der Waals surface area (Å²) in [4.78, 5) is 28.3. The topological polar surface area (TPSA) is 37.4 Å². The van der Waals surface area contributed by atoms with Crippen molar-refractivity contribution in [1.82, 2.24) is 0 Å². The molecule has 0 radical (unpaired) electrons. The Morgan fingerprint density at radius 1 is 0.882 bits per heavy atom. The normalized spacial score (nSPS) is 20.6. The summed E-state index contributed by atoms with van der Waals surface area (Å²) in [6, 6.07) is 18.5. The summed E-state index contributed by atoms with van der Waals surface area (Å²) >= 11 is 0. The zero-order valence-electron chi connectivity index (χ0n) is 18.9. The first kappa shape index (κ1) is 22.4. The molecule has 2 aliphatic rings. The molecule has 3 nitrogen and oxygen atoms in total. The molecule has 1 amide bonds. The van der Waals surface area contributed by atoms with Gasteiger partial charge < -0.3 is 0 Å². The van der Waals surface area contributed by atoms with Crippen LogP contribution in [-0.2, 0) is 15.8 Å². The molecular weight excluding hydrogens is 439 g/mol. The van der Waals surface area contributed by atoms with E-state index in [0.717, 1.165) is 28.5 Å². The smallest absolute Gasteiger partial charge is 0.294 e. The van der Waals surface area contributed by atoms with Gasteiger partial charge >= 0.3 is 6.18 Å². The van der Waals surface area contributed by atoms with Gasteiger partial charge in [-0.05, 0) is 52.4 Å². The molecule has 0 saturated heterocycles. The van der Waals surface area contributed by atoms with E-state index in [1.54, 1.807) is 0 Å². The number of halogens is 3. The molecule has 0 spiro atoms. The Morgan fingerprint density at radius 3 is 2.24 bits per heavy atom. The molecule has 1 unspecified atom stereocenters. The molecule has 1 aliphatic heterocycles. The molecular formula is C28H24F3NO2. The number of ketones is 1. The third-order valence-electron chi connectivity index (χ3n) is 6.77. The minimum Gasteiger partial charge on any atom is -0.294 e. The number of hydrogen-bond donors (Lipinski definition) is 0. The monoisotopic (exact) mass is 463 g/mol. The highest BCUT2D eigenvalue weighted by molar-refractivity contribution is 6.08. The second-order valence-corrected chi connectivity index (χ2v) is 9.94. The Kier molecular flexibility index (Phi) is 5.15. The van der Waals surface area contributed by atoms with Crippen molar-refractivity contribution in [2.24, 2.45) is 5.41 Å². The Morgan fingerprint density at radius 2 is 1.56 bits per heavy atom. The summed E-state index contributed by atoms with van der Waals surface area (Å²) in [5, 5.41) is 2.11. The zero-order chi connectivity index (χ0) is 24.3. The van der Waals surface area contributed by atoms with Crippen molar-refractivity contribution in [3.05, 3.63) is 89.1 Å². The Bertz CT molecular complexity index is 1340. The number of benzene rings is 3. The number of fused-ring (bicyclic) bond motifs is 1. The van der Waals surface area contributed by atoms with Gasteiger partial charge in [0, 0.05) is 35.7 Å². The molecule has 6 heteroatoms. The number of carbonyl (C=O) groups is 2. The number of allylic oxidation sites excluding steroid dienone is 2. The number of alkyl halides is 3. The van der Waals surface area contributed by atoms with Crippen molar-refractivity contribution in [2.45, 2.75) is 45.2 Å². The summed E-state index contributed by atoms with van der Waals surface area (Å²) in [7, 11) is 0. The molecule has 174 valence electrons. The Labute approximate surface area is 195 Å². The van der Waals surface area contributed by atoms with E-state index < -0.39 is 11.7 Å². The van der Waals surface area contributed by atoms with Crippen molar-refractivity contribution in [1.29, 1.82) is 0 Å². The van der Waals surface area contributed by atoms with E-state index in [9.17, 15) is 22.8 Å². The first-order valence-electron chi connectivity index (χ1n) is 11.3. The molecule has 1 aliphatic carbocycles. The molecule has 3 aromatic carbocycles. The number of Topliss-reactive ketones (excluding diaryl/α,β-unsaturated/α-hetero) is 1. The van der Waals surface area contributed by atoms with Crippen LogP contribution in [0.2, 0.25) is 0 Å². The van der Waals surface area contributed by atoms with Crippen LogP contribution >= 0.6 is 0 Å². The lowest BCUT2D eigenvalue weighted by atomic mass is 9.69. The van der Waals surface area contributed by atoms with Gasteiger partial charge in [0.15, 0.2) is 5.78 Å². The molecule has 34 heavy (non-hydrogen) atoms. The van der Waals surface area contributed by atoms with Gasteiger partial charge in [-0.2, -0.15) is 13.2 Å². The molecule has 0 fully saturated rings. The lowest BCUT2D eigenvalue weighted by molar-refractivity contribution is -0.137. The maximum absolute atomic E-state index is 13.5. The molecule has 0 aromatic heterocycles. The molecule has 1 heterocycles. The summed E-state index contributed by atoms with van der Waals surface area (Å²) < 4.78 is 39.2. The third kappa shape index (κ3) is 3.91.